The standard InChI is InChI=1S/C18H16N2O5/c1-2-24-13-4-6-16-12(8-13)9-17(25-16)18(23)20-19-10-11-3-5-14(21)15(22)7-11/h3-10,21-22H,2H2,1H3,(H,20,23)/b19-10+. The van der Waals surface area contributed by atoms with Gasteiger partial charge in [0.2, 0.25) is 0 Å². The minimum absolute atomic E-state index is 0.120. The average Bonchev–Trinajstić information content (AvgIpc) is 3.02. The molecular formula is C18H16N2O5. The van der Waals surface area contributed by atoms with Crippen molar-refractivity contribution in [2.45, 2.75) is 6.92 Å². The summed E-state index contributed by atoms with van der Waals surface area (Å²) in [5.74, 6) is -0.178. The largest absolute Gasteiger partial charge is 0.504 e. The quantitative estimate of drug-likeness (QED) is 0.376. The Morgan fingerprint density at radius 2 is 2.04 bits per heavy atom. The van der Waals surface area contributed by atoms with Crippen molar-refractivity contribution in [2.75, 3.05) is 6.61 Å². The number of rotatable bonds is 5. The van der Waals surface area contributed by atoms with E-state index in [0.717, 1.165) is 5.39 Å². The van der Waals surface area contributed by atoms with E-state index in [1.54, 1.807) is 30.3 Å². The number of benzene rings is 2. The molecule has 25 heavy (non-hydrogen) atoms. The summed E-state index contributed by atoms with van der Waals surface area (Å²) in [6, 6.07) is 11.1. The highest BCUT2D eigenvalue weighted by Crippen LogP contribution is 2.25. The van der Waals surface area contributed by atoms with Crippen LogP contribution < -0.4 is 10.2 Å². The maximum Gasteiger partial charge on any atom is 0.307 e. The maximum absolute atomic E-state index is 12.1. The molecule has 128 valence electrons. The molecule has 0 spiro atoms. The van der Waals surface area contributed by atoms with Gasteiger partial charge in [-0.1, -0.05) is 0 Å². The second-order valence-corrected chi connectivity index (χ2v) is 5.19. The molecule has 2 aromatic carbocycles. The summed E-state index contributed by atoms with van der Waals surface area (Å²) in [5.41, 5.74) is 3.43. The van der Waals surface area contributed by atoms with E-state index >= 15 is 0 Å². The predicted molar refractivity (Wildman–Crippen MR) is 92.2 cm³/mol. The molecule has 7 nitrogen and oxygen atoms in total. The van der Waals surface area contributed by atoms with Crippen molar-refractivity contribution in [1.29, 1.82) is 0 Å². The van der Waals surface area contributed by atoms with Crippen LogP contribution in [0.15, 0.2) is 52.0 Å². The van der Waals surface area contributed by atoms with Crippen molar-refractivity contribution in [3.63, 3.8) is 0 Å². The van der Waals surface area contributed by atoms with Crippen molar-refractivity contribution < 1.29 is 24.2 Å². The van der Waals surface area contributed by atoms with Crippen molar-refractivity contribution in [3.05, 3.63) is 53.8 Å². The van der Waals surface area contributed by atoms with Crippen molar-refractivity contribution in [1.82, 2.24) is 5.43 Å². The highest BCUT2D eigenvalue weighted by atomic mass is 16.5. The first kappa shape index (κ1) is 16.4. The lowest BCUT2D eigenvalue weighted by Gasteiger charge is -2.00. The number of aromatic hydroxyl groups is 2. The normalized spacial score (nSPS) is 11.1. The second-order valence-electron chi connectivity index (χ2n) is 5.19. The number of nitrogens with one attached hydrogen (secondary N) is 1. The molecule has 1 aromatic heterocycles. The third kappa shape index (κ3) is 3.72. The van der Waals surface area contributed by atoms with Crippen molar-refractivity contribution in [3.8, 4) is 17.2 Å². The number of carbonyl (C=O) groups is 1. The van der Waals surface area contributed by atoms with Gasteiger partial charge in [0, 0.05) is 5.39 Å². The molecule has 0 fully saturated rings. The van der Waals surface area contributed by atoms with E-state index in [0.29, 0.717) is 23.5 Å². The van der Waals surface area contributed by atoms with Crippen LogP contribution in [-0.4, -0.2) is 28.9 Å². The number of hydrogen-bond acceptors (Lipinski definition) is 6. The smallest absolute Gasteiger partial charge is 0.307 e. The molecule has 1 amide bonds. The van der Waals surface area contributed by atoms with Crippen LogP contribution in [0.3, 0.4) is 0 Å². The summed E-state index contributed by atoms with van der Waals surface area (Å²) in [6.45, 7) is 2.45. The van der Waals surface area contributed by atoms with E-state index < -0.39 is 5.91 Å². The van der Waals surface area contributed by atoms with Gasteiger partial charge in [-0.2, -0.15) is 5.10 Å². The summed E-state index contributed by atoms with van der Waals surface area (Å²) < 4.78 is 10.9. The van der Waals surface area contributed by atoms with Crippen LogP contribution in [0.25, 0.3) is 11.0 Å². The van der Waals surface area contributed by atoms with Gasteiger partial charge in [-0.3, -0.25) is 4.79 Å². The molecule has 1 heterocycles. The molecule has 0 bridgehead atoms. The number of hydrazone groups is 1. The molecule has 0 saturated heterocycles. The van der Waals surface area contributed by atoms with Crippen LogP contribution in [0.5, 0.6) is 17.2 Å². The first-order valence-electron chi connectivity index (χ1n) is 7.58. The Balaban J connectivity index is 1.71. The van der Waals surface area contributed by atoms with E-state index in [1.165, 1.54) is 18.3 Å². The number of phenolic OH excluding ortho intramolecular Hbond substituents is 2. The van der Waals surface area contributed by atoms with E-state index in [9.17, 15) is 15.0 Å². The molecule has 0 aliphatic carbocycles. The number of hydrogen-bond donors (Lipinski definition) is 3. The molecule has 0 aliphatic heterocycles. The minimum atomic E-state index is -0.506. The zero-order chi connectivity index (χ0) is 17.8. The Labute approximate surface area is 143 Å². The monoisotopic (exact) mass is 340 g/mol. The van der Waals surface area contributed by atoms with Crippen LogP contribution in [0.1, 0.15) is 23.0 Å². The first-order chi connectivity index (χ1) is 12.1. The van der Waals surface area contributed by atoms with Gasteiger partial charge in [0.05, 0.1) is 12.8 Å². The van der Waals surface area contributed by atoms with Gasteiger partial charge in [0.25, 0.3) is 0 Å². The third-order valence-electron chi connectivity index (χ3n) is 3.40. The fourth-order valence-electron chi connectivity index (χ4n) is 2.23. The molecule has 0 saturated carbocycles. The van der Waals surface area contributed by atoms with Crippen LogP contribution >= 0.6 is 0 Å². The van der Waals surface area contributed by atoms with E-state index in [1.807, 2.05) is 6.92 Å². The molecule has 0 radical (unpaired) electrons. The Morgan fingerprint density at radius 3 is 2.80 bits per heavy atom. The number of amides is 1. The maximum atomic E-state index is 12.1. The van der Waals surface area contributed by atoms with Gasteiger partial charge in [0.15, 0.2) is 17.3 Å². The highest BCUT2D eigenvalue weighted by molar-refractivity contribution is 5.96. The molecule has 3 rings (SSSR count). The zero-order valence-corrected chi connectivity index (χ0v) is 13.4. The Hall–Kier alpha value is -3.48. The van der Waals surface area contributed by atoms with Crippen LogP contribution in [0.4, 0.5) is 0 Å². The number of furan rings is 1. The van der Waals surface area contributed by atoms with Crippen molar-refractivity contribution >= 4 is 23.1 Å². The molecule has 0 aliphatic rings. The number of nitrogens with zero attached hydrogens (tertiary/aromatic N) is 1. The van der Waals surface area contributed by atoms with Gasteiger partial charge in [-0.05, 0) is 55.0 Å². The summed E-state index contributed by atoms with van der Waals surface area (Å²) in [7, 11) is 0. The van der Waals surface area contributed by atoms with Crippen LogP contribution in [-0.2, 0) is 0 Å². The molecule has 3 aromatic rings. The fourth-order valence-corrected chi connectivity index (χ4v) is 2.23. The summed E-state index contributed by atoms with van der Waals surface area (Å²) in [5, 5.41) is 23.2. The summed E-state index contributed by atoms with van der Waals surface area (Å²) >= 11 is 0. The summed E-state index contributed by atoms with van der Waals surface area (Å²) in [6.07, 6.45) is 1.34. The Bertz CT molecular complexity index is 946. The van der Waals surface area contributed by atoms with Gasteiger partial charge in [0.1, 0.15) is 11.3 Å². The second kappa shape index (κ2) is 6.96. The third-order valence-corrected chi connectivity index (χ3v) is 3.40. The number of fused-ring (bicyclic) bond motifs is 1. The molecular weight excluding hydrogens is 324 g/mol. The van der Waals surface area contributed by atoms with E-state index in [4.69, 9.17) is 9.15 Å². The number of carbonyl (C=O) groups excluding carboxylic acids is 1. The van der Waals surface area contributed by atoms with E-state index in [-0.39, 0.29) is 17.3 Å². The van der Waals surface area contributed by atoms with Crippen LogP contribution in [0, 0.1) is 0 Å². The zero-order valence-electron chi connectivity index (χ0n) is 13.4. The minimum Gasteiger partial charge on any atom is -0.504 e. The Morgan fingerprint density at radius 1 is 1.20 bits per heavy atom. The predicted octanol–water partition coefficient (Wildman–Crippen LogP) is 3.01. The lowest BCUT2D eigenvalue weighted by Crippen LogP contribution is -2.16. The number of ether oxygens (including phenoxy) is 1. The lowest BCUT2D eigenvalue weighted by atomic mass is 10.2. The fraction of sp³-hybridized carbons (Fsp3) is 0.111. The first-order valence-corrected chi connectivity index (χ1v) is 7.58. The topological polar surface area (TPSA) is 104 Å². The summed E-state index contributed by atoms with van der Waals surface area (Å²) in [4.78, 5) is 12.1. The van der Waals surface area contributed by atoms with Gasteiger partial charge in [-0.25, -0.2) is 5.43 Å². The molecule has 3 N–H and O–H groups in total. The van der Waals surface area contributed by atoms with Gasteiger partial charge in [-0.15, -0.1) is 0 Å². The average molecular weight is 340 g/mol. The van der Waals surface area contributed by atoms with Gasteiger partial charge < -0.3 is 19.4 Å². The van der Waals surface area contributed by atoms with Gasteiger partial charge >= 0.3 is 5.91 Å². The number of phenols is 2. The lowest BCUT2D eigenvalue weighted by molar-refractivity contribution is 0.0929. The molecule has 0 atom stereocenters. The SMILES string of the molecule is CCOc1ccc2oc(C(=O)N/N=C/c3ccc(O)c(O)c3)cc2c1. The molecule has 7 heteroatoms. The highest BCUT2D eigenvalue weighted by Gasteiger charge is 2.12. The van der Waals surface area contributed by atoms with Crippen LogP contribution in [0.2, 0.25) is 0 Å². The van der Waals surface area contributed by atoms with Crippen molar-refractivity contribution in [2.24, 2.45) is 5.10 Å². The van der Waals surface area contributed by atoms with E-state index in [2.05, 4.69) is 10.5 Å². The molecule has 0 unspecified atom stereocenters. The Kier molecular flexibility index (Phi) is 4.56.